The third-order valence-corrected chi connectivity index (χ3v) is 6.72. The van der Waals surface area contributed by atoms with Crippen molar-refractivity contribution in [2.45, 2.75) is 82.5 Å². The Kier molecular flexibility index (Phi) is 5.76. The summed E-state index contributed by atoms with van der Waals surface area (Å²) >= 11 is 0. The minimum atomic E-state index is -1.23. The van der Waals surface area contributed by atoms with Gasteiger partial charge in [-0.05, 0) is 59.3 Å². The van der Waals surface area contributed by atoms with Gasteiger partial charge in [0.1, 0.15) is 0 Å². The Balaban J connectivity index is 1.37. The van der Waals surface area contributed by atoms with E-state index in [0.717, 1.165) is 39.1 Å². The van der Waals surface area contributed by atoms with Gasteiger partial charge in [0.25, 0.3) is 0 Å². The van der Waals surface area contributed by atoms with E-state index in [1.807, 2.05) is 20.8 Å². The van der Waals surface area contributed by atoms with E-state index in [-0.39, 0.29) is 16.8 Å². The van der Waals surface area contributed by atoms with Gasteiger partial charge in [0.15, 0.2) is 0 Å². The molecule has 0 aromatic rings. The van der Waals surface area contributed by atoms with Crippen LogP contribution in [0.15, 0.2) is 0 Å². The first-order valence-electron chi connectivity index (χ1n) is 11.1. The highest BCUT2D eigenvalue weighted by atomic mass is 16.6. The van der Waals surface area contributed by atoms with Gasteiger partial charge in [-0.3, -0.25) is 9.80 Å². The second-order valence-corrected chi connectivity index (χ2v) is 9.98. The molecule has 0 spiro atoms. The first-order valence-corrected chi connectivity index (χ1v) is 11.1. The fourth-order valence-electron chi connectivity index (χ4n) is 4.03. The molecule has 4 rings (SSSR count). The molecule has 4 amide bonds. The van der Waals surface area contributed by atoms with Crippen LogP contribution in [0, 0.1) is 0 Å². The number of epoxide rings is 3. The Bertz CT molecular complexity index is 630. The van der Waals surface area contributed by atoms with Crippen LogP contribution in [-0.2, 0) is 14.2 Å². The Hall–Kier alpha value is -1.42. The zero-order valence-electron chi connectivity index (χ0n) is 18.4. The Morgan fingerprint density at radius 3 is 1.43 bits per heavy atom. The summed E-state index contributed by atoms with van der Waals surface area (Å²) in [5.41, 5.74) is -0.309. The van der Waals surface area contributed by atoms with Gasteiger partial charge in [-0.2, -0.15) is 0 Å². The third kappa shape index (κ3) is 5.07. The van der Waals surface area contributed by atoms with E-state index in [0.29, 0.717) is 38.9 Å². The molecule has 0 aromatic heterocycles. The quantitative estimate of drug-likeness (QED) is 0.481. The van der Waals surface area contributed by atoms with Crippen LogP contribution in [-0.4, -0.2) is 94.5 Å². The number of amides is 4. The molecule has 0 radical (unpaired) electrons. The van der Waals surface area contributed by atoms with E-state index in [4.69, 9.17) is 14.2 Å². The second kappa shape index (κ2) is 7.93. The summed E-state index contributed by atoms with van der Waals surface area (Å²) in [6, 6.07) is -0.824. The number of hydrogen-bond donors (Lipinski definition) is 1. The van der Waals surface area contributed by atoms with Crippen molar-refractivity contribution in [3.05, 3.63) is 0 Å². The highest BCUT2D eigenvalue weighted by molar-refractivity contribution is 5.95. The van der Waals surface area contributed by atoms with Crippen LogP contribution in [0.4, 0.5) is 9.59 Å². The Morgan fingerprint density at radius 2 is 1.10 bits per heavy atom. The number of carbonyl (C=O) groups is 2. The Morgan fingerprint density at radius 1 is 0.767 bits per heavy atom. The molecule has 4 heterocycles. The highest BCUT2D eigenvalue weighted by Gasteiger charge is 2.45. The summed E-state index contributed by atoms with van der Waals surface area (Å²) in [6.45, 7) is 9.45. The molecule has 9 nitrogen and oxygen atoms in total. The predicted molar refractivity (Wildman–Crippen MR) is 108 cm³/mol. The van der Waals surface area contributed by atoms with Gasteiger partial charge >= 0.3 is 12.1 Å². The number of aliphatic hydroxyl groups is 1. The molecule has 4 aliphatic heterocycles. The van der Waals surface area contributed by atoms with E-state index in [1.165, 1.54) is 14.7 Å². The highest BCUT2D eigenvalue weighted by Crippen LogP contribution is 2.34. The molecule has 4 aliphatic rings. The van der Waals surface area contributed by atoms with Crippen LogP contribution in [0.3, 0.4) is 0 Å². The van der Waals surface area contributed by atoms with E-state index < -0.39 is 18.4 Å². The predicted octanol–water partition coefficient (Wildman–Crippen LogP) is 2.13. The molecule has 3 atom stereocenters. The number of nitrogens with zero attached hydrogens (tertiary/aromatic N) is 3. The summed E-state index contributed by atoms with van der Waals surface area (Å²) in [7, 11) is 0. The number of ether oxygens (including phenoxy) is 3. The van der Waals surface area contributed by atoms with Crippen LogP contribution < -0.4 is 0 Å². The molecule has 0 aliphatic carbocycles. The lowest BCUT2D eigenvalue weighted by Gasteiger charge is -2.45. The number of urea groups is 2. The molecule has 3 unspecified atom stereocenters. The normalized spacial score (nSPS) is 37.7. The van der Waals surface area contributed by atoms with Crippen molar-refractivity contribution in [3.8, 4) is 0 Å². The average Bonchev–Trinajstić information content (AvgIpc) is 3.63. The molecule has 1 N–H and O–H groups in total. The SMILES string of the molecule is CC1(CCCN2C(=O)N(CCCC3(C)CO3)C(O)N(CCCC3(C)CO3)C2=O)CO1. The van der Waals surface area contributed by atoms with Crippen molar-refractivity contribution in [1.29, 1.82) is 0 Å². The van der Waals surface area contributed by atoms with E-state index in [9.17, 15) is 14.7 Å². The topological polar surface area (TPSA) is 102 Å². The number of carbonyl (C=O) groups excluding carboxylic acids is 2. The third-order valence-electron chi connectivity index (χ3n) is 6.72. The van der Waals surface area contributed by atoms with Crippen LogP contribution in [0.1, 0.15) is 59.3 Å². The number of aliphatic hydroxyl groups excluding tert-OH is 1. The molecule has 30 heavy (non-hydrogen) atoms. The van der Waals surface area contributed by atoms with Crippen molar-refractivity contribution in [2.24, 2.45) is 0 Å². The van der Waals surface area contributed by atoms with Crippen LogP contribution in [0.25, 0.3) is 0 Å². The summed E-state index contributed by atoms with van der Waals surface area (Å²) in [6.07, 6.45) is 3.33. The molecular weight excluding hydrogens is 390 g/mol. The van der Waals surface area contributed by atoms with E-state index in [2.05, 4.69) is 0 Å². The zero-order chi connectivity index (χ0) is 21.6. The van der Waals surface area contributed by atoms with Gasteiger partial charge in [0, 0.05) is 19.6 Å². The minimum absolute atomic E-state index is 0.0988. The molecule has 0 saturated carbocycles. The van der Waals surface area contributed by atoms with Crippen molar-refractivity contribution in [2.75, 3.05) is 39.5 Å². The maximum atomic E-state index is 13.0. The summed E-state index contributed by atoms with van der Waals surface area (Å²) < 4.78 is 16.2. The first-order chi connectivity index (χ1) is 14.1. The monoisotopic (exact) mass is 425 g/mol. The fraction of sp³-hybridized carbons (Fsp3) is 0.905. The van der Waals surface area contributed by atoms with Crippen molar-refractivity contribution >= 4 is 12.1 Å². The van der Waals surface area contributed by atoms with Crippen molar-refractivity contribution < 1.29 is 28.9 Å². The largest absolute Gasteiger partial charge is 0.370 e. The van der Waals surface area contributed by atoms with Crippen molar-refractivity contribution in [1.82, 2.24) is 14.7 Å². The maximum Gasteiger partial charge on any atom is 0.331 e. The number of imide groups is 1. The van der Waals surface area contributed by atoms with Gasteiger partial charge in [-0.15, -0.1) is 0 Å². The zero-order valence-corrected chi connectivity index (χ0v) is 18.4. The van der Waals surface area contributed by atoms with Crippen molar-refractivity contribution in [3.63, 3.8) is 0 Å². The second-order valence-electron chi connectivity index (χ2n) is 9.98. The molecule has 0 aromatic carbocycles. The maximum absolute atomic E-state index is 13.0. The Labute approximate surface area is 178 Å². The van der Waals surface area contributed by atoms with Gasteiger partial charge < -0.3 is 19.3 Å². The van der Waals surface area contributed by atoms with Crippen LogP contribution >= 0.6 is 0 Å². The van der Waals surface area contributed by atoms with Crippen LogP contribution in [0.5, 0.6) is 0 Å². The standard InChI is InChI=1S/C21H35N3O6/c1-19(13-28-19)7-4-10-22-16(25)23(11-5-8-20(2)14-29-20)18(27)24(17(22)26)12-6-9-21(3)15-30-21/h16,25H,4-15H2,1-3H3. The summed E-state index contributed by atoms with van der Waals surface area (Å²) in [5, 5.41) is 10.8. The fourth-order valence-corrected chi connectivity index (χ4v) is 4.03. The lowest BCUT2D eigenvalue weighted by Crippen LogP contribution is -2.66. The molecule has 4 fully saturated rings. The number of hydrogen-bond acceptors (Lipinski definition) is 6. The number of rotatable bonds is 12. The van der Waals surface area contributed by atoms with Gasteiger partial charge in [0.05, 0.1) is 36.6 Å². The molecular formula is C21H35N3O6. The minimum Gasteiger partial charge on any atom is -0.370 e. The average molecular weight is 426 g/mol. The molecule has 170 valence electrons. The molecule has 4 saturated heterocycles. The van der Waals surface area contributed by atoms with Gasteiger partial charge in [-0.1, -0.05) is 0 Å². The van der Waals surface area contributed by atoms with Crippen LogP contribution in [0.2, 0.25) is 0 Å². The molecule has 9 heteroatoms. The summed E-state index contributed by atoms with van der Waals surface area (Å²) in [4.78, 5) is 30.2. The van der Waals surface area contributed by atoms with E-state index >= 15 is 0 Å². The van der Waals surface area contributed by atoms with E-state index in [1.54, 1.807) is 0 Å². The summed E-state index contributed by atoms with van der Waals surface area (Å²) in [5.74, 6) is 0. The smallest absolute Gasteiger partial charge is 0.331 e. The van der Waals surface area contributed by atoms with Gasteiger partial charge in [0.2, 0.25) is 6.35 Å². The first kappa shape index (κ1) is 21.8. The lowest BCUT2D eigenvalue weighted by atomic mass is 10.1. The van der Waals surface area contributed by atoms with Gasteiger partial charge in [-0.25, -0.2) is 14.5 Å². The molecule has 0 bridgehead atoms. The lowest BCUT2D eigenvalue weighted by molar-refractivity contribution is -0.0943.